The first-order chi connectivity index (χ1) is 8.28. The van der Waals surface area contributed by atoms with E-state index in [9.17, 15) is 0 Å². The van der Waals surface area contributed by atoms with E-state index in [1.807, 2.05) is 12.1 Å². The maximum atomic E-state index is 5.15. The molecule has 0 bridgehead atoms. The summed E-state index contributed by atoms with van der Waals surface area (Å²) in [7, 11) is 1.71. The van der Waals surface area contributed by atoms with Gasteiger partial charge in [0, 0.05) is 6.04 Å². The molecule has 1 saturated carbocycles. The minimum Gasteiger partial charge on any atom is -0.497 e. The molecule has 2 rings (SSSR count). The van der Waals surface area contributed by atoms with Gasteiger partial charge in [-0.25, -0.2) is 0 Å². The molecule has 2 heteroatoms. The predicted molar refractivity (Wildman–Crippen MR) is 71.5 cm³/mol. The number of hydrogen-bond acceptors (Lipinski definition) is 2. The Balaban J connectivity index is 1.70. The topological polar surface area (TPSA) is 21.3 Å². The third kappa shape index (κ3) is 3.74. The zero-order chi connectivity index (χ0) is 12.1. The van der Waals surface area contributed by atoms with Crippen LogP contribution in [0.15, 0.2) is 24.3 Å². The van der Waals surface area contributed by atoms with E-state index in [4.69, 9.17) is 4.74 Å². The van der Waals surface area contributed by atoms with E-state index in [0.29, 0.717) is 0 Å². The van der Waals surface area contributed by atoms with Gasteiger partial charge < -0.3 is 10.1 Å². The van der Waals surface area contributed by atoms with Crippen molar-refractivity contribution in [1.29, 1.82) is 0 Å². The zero-order valence-corrected chi connectivity index (χ0v) is 10.9. The Morgan fingerprint density at radius 1 is 1.24 bits per heavy atom. The summed E-state index contributed by atoms with van der Waals surface area (Å²) in [5.41, 5.74) is 1.38. The third-order valence-corrected chi connectivity index (χ3v) is 3.70. The lowest BCUT2D eigenvalue weighted by Crippen LogP contribution is -2.28. The van der Waals surface area contributed by atoms with Gasteiger partial charge >= 0.3 is 0 Å². The summed E-state index contributed by atoms with van der Waals surface area (Å²) in [5.74, 6) is 1.85. The van der Waals surface area contributed by atoms with Crippen LogP contribution in [-0.4, -0.2) is 19.7 Å². The van der Waals surface area contributed by atoms with E-state index >= 15 is 0 Å². The number of ether oxygens (including phenoxy) is 1. The summed E-state index contributed by atoms with van der Waals surface area (Å²) in [5, 5.41) is 3.66. The van der Waals surface area contributed by atoms with Gasteiger partial charge in [0.25, 0.3) is 0 Å². The lowest BCUT2D eigenvalue weighted by atomic mass is 10.1. The molecule has 0 heterocycles. The second-order valence-electron chi connectivity index (χ2n) is 5.17. The van der Waals surface area contributed by atoms with E-state index < -0.39 is 0 Å². The lowest BCUT2D eigenvalue weighted by Gasteiger charge is -2.12. The van der Waals surface area contributed by atoms with Gasteiger partial charge in [-0.15, -0.1) is 0 Å². The number of nitrogens with one attached hydrogen (secondary N) is 1. The second kappa shape index (κ2) is 6.06. The van der Waals surface area contributed by atoms with Gasteiger partial charge in [0.2, 0.25) is 0 Å². The van der Waals surface area contributed by atoms with Crippen molar-refractivity contribution in [1.82, 2.24) is 5.32 Å². The Labute approximate surface area is 104 Å². The Morgan fingerprint density at radius 3 is 2.59 bits per heavy atom. The third-order valence-electron chi connectivity index (χ3n) is 3.70. The van der Waals surface area contributed by atoms with Crippen molar-refractivity contribution in [2.24, 2.45) is 5.92 Å². The Bertz CT molecular complexity index is 333. The van der Waals surface area contributed by atoms with Crippen LogP contribution in [0.4, 0.5) is 0 Å². The van der Waals surface area contributed by atoms with Crippen molar-refractivity contribution < 1.29 is 4.74 Å². The van der Waals surface area contributed by atoms with Crippen molar-refractivity contribution in [3.05, 3.63) is 29.8 Å². The summed E-state index contributed by atoms with van der Waals surface area (Å²) in [6, 6.07) is 9.12. The highest BCUT2D eigenvalue weighted by Crippen LogP contribution is 2.24. The summed E-state index contributed by atoms with van der Waals surface area (Å²) in [6.07, 6.45) is 5.20. The fourth-order valence-electron chi connectivity index (χ4n) is 2.61. The molecule has 1 N–H and O–H groups in total. The molecule has 17 heavy (non-hydrogen) atoms. The van der Waals surface area contributed by atoms with E-state index in [2.05, 4.69) is 24.4 Å². The summed E-state index contributed by atoms with van der Waals surface area (Å²) >= 11 is 0. The van der Waals surface area contributed by atoms with Crippen molar-refractivity contribution in [2.45, 2.75) is 38.6 Å². The van der Waals surface area contributed by atoms with Crippen LogP contribution in [0.5, 0.6) is 5.75 Å². The molecule has 1 aliphatic rings. The maximum absolute atomic E-state index is 5.15. The molecule has 0 amide bonds. The molecule has 2 atom stereocenters. The van der Waals surface area contributed by atoms with Gasteiger partial charge in [-0.2, -0.15) is 0 Å². The average Bonchev–Trinajstić information content (AvgIpc) is 2.76. The molecule has 0 radical (unpaired) electrons. The van der Waals surface area contributed by atoms with E-state index in [0.717, 1.165) is 30.7 Å². The normalized spacial score (nSPS) is 23.9. The number of rotatable bonds is 5. The Morgan fingerprint density at radius 2 is 2.00 bits per heavy atom. The molecule has 0 aliphatic heterocycles. The SMILES string of the molecule is COc1ccc(CCN[C@H]2CC[C@H](C)C2)cc1. The van der Waals surface area contributed by atoms with Crippen LogP contribution in [0.3, 0.4) is 0 Å². The standard InChI is InChI=1S/C15H23NO/c1-12-3-6-14(11-12)16-10-9-13-4-7-15(17-2)8-5-13/h4-5,7-8,12,14,16H,3,6,9-11H2,1-2H3/t12-,14-/m0/s1. The van der Waals surface area contributed by atoms with Crippen LogP contribution >= 0.6 is 0 Å². The summed E-state index contributed by atoms with van der Waals surface area (Å²) in [4.78, 5) is 0. The van der Waals surface area contributed by atoms with Gasteiger partial charge in [0.05, 0.1) is 7.11 Å². The molecule has 1 aliphatic carbocycles. The highest BCUT2D eigenvalue weighted by molar-refractivity contribution is 5.27. The largest absolute Gasteiger partial charge is 0.497 e. The van der Waals surface area contributed by atoms with Crippen molar-refractivity contribution in [3.63, 3.8) is 0 Å². The predicted octanol–water partition coefficient (Wildman–Crippen LogP) is 3.02. The average molecular weight is 233 g/mol. The number of methoxy groups -OCH3 is 1. The monoisotopic (exact) mass is 233 g/mol. The molecule has 1 aromatic rings. The minimum absolute atomic E-state index is 0.753. The molecule has 0 spiro atoms. The first-order valence-electron chi connectivity index (χ1n) is 6.64. The van der Waals surface area contributed by atoms with Crippen molar-refractivity contribution >= 4 is 0 Å². The summed E-state index contributed by atoms with van der Waals surface area (Å²) < 4.78 is 5.15. The molecular formula is C15H23NO. The van der Waals surface area contributed by atoms with E-state index in [1.165, 1.54) is 24.8 Å². The molecule has 0 saturated heterocycles. The van der Waals surface area contributed by atoms with Crippen LogP contribution in [0.1, 0.15) is 31.7 Å². The summed E-state index contributed by atoms with van der Waals surface area (Å²) in [6.45, 7) is 3.44. The molecular weight excluding hydrogens is 210 g/mol. The fourth-order valence-corrected chi connectivity index (χ4v) is 2.61. The maximum Gasteiger partial charge on any atom is 0.118 e. The molecule has 0 unspecified atom stereocenters. The van der Waals surface area contributed by atoms with Gasteiger partial charge in [-0.3, -0.25) is 0 Å². The van der Waals surface area contributed by atoms with Crippen LogP contribution in [0, 0.1) is 5.92 Å². The van der Waals surface area contributed by atoms with Gasteiger partial charge in [0.1, 0.15) is 5.75 Å². The molecule has 1 aromatic carbocycles. The molecule has 2 nitrogen and oxygen atoms in total. The first kappa shape index (κ1) is 12.4. The smallest absolute Gasteiger partial charge is 0.118 e. The van der Waals surface area contributed by atoms with E-state index in [1.54, 1.807) is 7.11 Å². The highest BCUT2D eigenvalue weighted by atomic mass is 16.5. The van der Waals surface area contributed by atoms with Gasteiger partial charge in [-0.1, -0.05) is 19.1 Å². The van der Waals surface area contributed by atoms with E-state index in [-0.39, 0.29) is 0 Å². The van der Waals surface area contributed by atoms with Gasteiger partial charge in [-0.05, 0) is 55.8 Å². The molecule has 1 fully saturated rings. The molecule has 0 aromatic heterocycles. The van der Waals surface area contributed by atoms with Gasteiger partial charge in [0.15, 0.2) is 0 Å². The highest BCUT2D eigenvalue weighted by Gasteiger charge is 2.19. The second-order valence-corrected chi connectivity index (χ2v) is 5.17. The molecule has 94 valence electrons. The van der Waals surface area contributed by atoms with Crippen LogP contribution in [0.25, 0.3) is 0 Å². The lowest BCUT2D eigenvalue weighted by molar-refractivity contribution is 0.414. The Hall–Kier alpha value is -1.02. The van der Waals surface area contributed by atoms with Crippen molar-refractivity contribution in [2.75, 3.05) is 13.7 Å². The first-order valence-corrected chi connectivity index (χ1v) is 6.64. The van der Waals surface area contributed by atoms with Crippen LogP contribution in [0.2, 0.25) is 0 Å². The Kier molecular flexibility index (Phi) is 4.43. The zero-order valence-electron chi connectivity index (χ0n) is 10.9. The number of hydrogen-bond donors (Lipinski definition) is 1. The minimum atomic E-state index is 0.753. The quantitative estimate of drug-likeness (QED) is 0.844. The van der Waals surface area contributed by atoms with Crippen molar-refractivity contribution in [3.8, 4) is 5.75 Å². The fraction of sp³-hybridized carbons (Fsp3) is 0.600. The number of benzene rings is 1. The van der Waals surface area contributed by atoms with Crippen LogP contribution in [-0.2, 0) is 6.42 Å². The van der Waals surface area contributed by atoms with Crippen LogP contribution < -0.4 is 10.1 Å².